The number of carbonyl (C=O) groups is 1. The van der Waals surface area contributed by atoms with E-state index in [4.69, 9.17) is 21.1 Å². The Morgan fingerprint density at radius 3 is 2.08 bits per heavy atom. The Labute approximate surface area is 151 Å². The molecular formula is C21H17ClO3. The number of hydrogen-bond acceptors (Lipinski definition) is 3. The van der Waals surface area contributed by atoms with Gasteiger partial charge in [0.1, 0.15) is 12.4 Å². The fraction of sp³-hybridized carbons (Fsp3) is 0.0952. The highest BCUT2D eigenvalue weighted by atomic mass is 35.5. The molecule has 1 atom stereocenters. The lowest BCUT2D eigenvalue weighted by Crippen LogP contribution is -2.21. The van der Waals surface area contributed by atoms with Crippen LogP contribution in [-0.2, 0) is 16.1 Å². The van der Waals surface area contributed by atoms with Crippen molar-refractivity contribution in [2.24, 2.45) is 0 Å². The molecule has 0 saturated carbocycles. The minimum atomic E-state index is -0.858. The fourth-order valence-electron chi connectivity index (χ4n) is 2.33. The summed E-state index contributed by atoms with van der Waals surface area (Å²) in [5.41, 5.74) is 1.61. The van der Waals surface area contributed by atoms with Crippen molar-refractivity contribution in [3.63, 3.8) is 0 Å². The number of rotatable bonds is 6. The van der Waals surface area contributed by atoms with E-state index in [2.05, 4.69) is 0 Å². The maximum atomic E-state index is 12.6. The average Bonchev–Trinajstić information content (AvgIpc) is 2.67. The molecule has 0 radical (unpaired) electrons. The number of halogens is 1. The third-order valence-electron chi connectivity index (χ3n) is 3.61. The van der Waals surface area contributed by atoms with Gasteiger partial charge in [0.2, 0.25) is 6.10 Å². The van der Waals surface area contributed by atoms with Gasteiger partial charge in [-0.15, -0.1) is 0 Å². The molecule has 0 N–H and O–H groups in total. The first-order valence-electron chi connectivity index (χ1n) is 7.90. The molecule has 0 fully saturated rings. The van der Waals surface area contributed by atoms with E-state index in [1.807, 2.05) is 48.5 Å². The molecular weight excluding hydrogens is 336 g/mol. The Bertz CT molecular complexity index is 802. The molecule has 0 spiro atoms. The van der Waals surface area contributed by atoms with Gasteiger partial charge in [0, 0.05) is 10.6 Å². The molecule has 0 unspecified atom stereocenters. The zero-order chi connectivity index (χ0) is 17.5. The van der Waals surface area contributed by atoms with Gasteiger partial charge in [-0.25, -0.2) is 4.79 Å². The first-order valence-corrected chi connectivity index (χ1v) is 8.28. The molecule has 0 bridgehead atoms. The third kappa shape index (κ3) is 4.85. The Hall–Kier alpha value is -2.78. The van der Waals surface area contributed by atoms with Crippen LogP contribution in [-0.4, -0.2) is 5.97 Å². The molecule has 0 aromatic heterocycles. The largest absolute Gasteiger partial charge is 0.474 e. The van der Waals surface area contributed by atoms with Gasteiger partial charge >= 0.3 is 5.97 Å². The summed E-state index contributed by atoms with van der Waals surface area (Å²) in [4.78, 5) is 12.6. The second kappa shape index (κ2) is 8.36. The van der Waals surface area contributed by atoms with Crippen LogP contribution in [0.15, 0.2) is 84.9 Å². The van der Waals surface area contributed by atoms with E-state index in [0.29, 0.717) is 16.3 Å². The maximum absolute atomic E-state index is 12.6. The lowest BCUT2D eigenvalue weighted by molar-refractivity contribution is -0.153. The predicted octanol–water partition coefficient (Wildman–Crippen LogP) is 5.20. The van der Waals surface area contributed by atoms with Gasteiger partial charge in [-0.3, -0.25) is 0 Å². The number of para-hydroxylation sites is 1. The van der Waals surface area contributed by atoms with Crippen molar-refractivity contribution in [3.05, 3.63) is 101 Å². The zero-order valence-electron chi connectivity index (χ0n) is 13.5. The van der Waals surface area contributed by atoms with Crippen molar-refractivity contribution in [3.8, 4) is 5.75 Å². The Kier molecular flexibility index (Phi) is 5.70. The molecule has 126 valence electrons. The highest BCUT2D eigenvalue weighted by molar-refractivity contribution is 6.30. The molecule has 0 amide bonds. The molecule has 3 aromatic rings. The third-order valence-corrected chi connectivity index (χ3v) is 3.86. The van der Waals surface area contributed by atoms with Gasteiger partial charge in [-0.1, -0.05) is 72.3 Å². The molecule has 3 rings (SSSR count). The van der Waals surface area contributed by atoms with Gasteiger partial charge in [0.25, 0.3) is 0 Å². The van der Waals surface area contributed by atoms with Crippen molar-refractivity contribution >= 4 is 17.6 Å². The Morgan fingerprint density at radius 2 is 1.44 bits per heavy atom. The predicted molar refractivity (Wildman–Crippen MR) is 97.5 cm³/mol. The Balaban J connectivity index is 1.77. The number of benzene rings is 3. The molecule has 0 aliphatic rings. The van der Waals surface area contributed by atoms with Gasteiger partial charge in [0.05, 0.1) is 0 Å². The average molecular weight is 353 g/mol. The van der Waals surface area contributed by atoms with E-state index >= 15 is 0 Å². The van der Waals surface area contributed by atoms with E-state index in [1.165, 1.54) is 0 Å². The first kappa shape index (κ1) is 17.1. The summed E-state index contributed by atoms with van der Waals surface area (Å²) in [6.07, 6.45) is -0.858. The summed E-state index contributed by atoms with van der Waals surface area (Å²) < 4.78 is 11.3. The highest BCUT2D eigenvalue weighted by Gasteiger charge is 2.24. The molecule has 4 heteroatoms. The van der Waals surface area contributed by atoms with Crippen LogP contribution in [0.4, 0.5) is 0 Å². The van der Waals surface area contributed by atoms with Crippen molar-refractivity contribution in [1.82, 2.24) is 0 Å². The van der Waals surface area contributed by atoms with Crippen molar-refractivity contribution in [1.29, 1.82) is 0 Å². The van der Waals surface area contributed by atoms with Gasteiger partial charge < -0.3 is 9.47 Å². The van der Waals surface area contributed by atoms with Crippen LogP contribution in [0.25, 0.3) is 0 Å². The van der Waals surface area contributed by atoms with Crippen molar-refractivity contribution in [2.45, 2.75) is 12.7 Å². The molecule has 0 saturated heterocycles. The van der Waals surface area contributed by atoms with Crippen molar-refractivity contribution < 1.29 is 14.3 Å². The molecule has 0 heterocycles. The summed E-state index contributed by atoms with van der Waals surface area (Å²) in [6, 6.07) is 25.7. The molecule has 25 heavy (non-hydrogen) atoms. The number of hydrogen-bond donors (Lipinski definition) is 0. The highest BCUT2D eigenvalue weighted by Crippen LogP contribution is 2.25. The standard InChI is InChI=1S/C21H17ClO3/c22-18-13-11-17(12-14-18)20(25-19-9-5-2-6-10-19)21(23)24-15-16-7-3-1-4-8-16/h1-14,20H,15H2/t20-/m0/s1. The molecule has 3 aromatic carbocycles. The van der Waals surface area contributed by atoms with Crippen LogP contribution < -0.4 is 4.74 Å². The van der Waals surface area contributed by atoms with E-state index in [1.54, 1.807) is 36.4 Å². The second-order valence-corrected chi connectivity index (χ2v) is 5.89. The quantitative estimate of drug-likeness (QED) is 0.572. The summed E-state index contributed by atoms with van der Waals surface area (Å²) in [7, 11) is 0. The Morgan fingerprint density at radius 1 is 0.840 bits per heavy atom. The minimum absolute atomic E-state index is 0.196. The van der Waals surface area contributed by atoms with Crippen molar-refractivity contribution in [2.75, 3.05) is 0 Å². The summed E-state index contributed by atoms with van der Waals surface area (Å²) in [5.74, 6) is 0.147. The smallest absolute Gasteiger partial charge is 0.352 e. The van der Waals surface area contributed by atoms with Crippen LogP contribution in [0, 0.1) is 0 Å². The van der Waals surface area contributed by atoms with Gasteiger partial charge in [0.15, 0.2) is 0 Å². The van der Waals surface area contributed by atoms with E-state index in [0.717, 1.165) is 5.56 Å². The van der Waals surface area contributed by atoms with Crippen LogP contribution >= 0.6 is 11.6 Å². The van der Waals surface area contributed by atoms with E-state index in [-0.39, 0.29) is 6.61 Å². The molecule has 0 aliphatic heterocycles. The van der Waals surface area contributed by atoms with Crippen LogP contribution in [0.2, 0.25) is 5.02 Å². The monoisotopic (exact) mass is 352 g/mol. The SMILES string of the molecule is O=C(OCc1ccccc1)[C@@H](Oc1ccccc1)c1ccc(Cl)cc1. The summed E-state index contributed by atoms with van der Waals surface area (Å²) in [5, 5.41) is 0.597. The van der Waals surface area contributed by atoms with E-state index in [9.17, 15) is 4.79 Å². The number of esters is 1. The van der Waals surface area contributed by atoms with Crippen LogP contribution in [0.5, 0.6) is 5.75 Å². The summed E-state index contributed by atoms with van der Waals surface area (Å²) >= 11 is 5.94. The van der Waals surface area contributed by atoms with Gasteiger partial charge in [-0.2, -0.15) is 0 Å². The maximum Gasteiger partial charge on any atom is 0.352 e. The van der Waals surface area contributed by atoms with Crippen LogP contribution in [0.1, 0.15) is 17.2 Å². The summed E-state index contributed by atoms with van der Waals surface area (Å²) in [6.45, 7) is 0.196. The lowest BCUT2D eigenvalue weighted by Gasteiger charge is -2.18. The zero-order valence-corrected chi connectivity index (χ0v) is 14.2. The topological polar surface area (TPSA) is 35.5 Å². The normalized spacial score (nSPS) is 11.6. The number of carbonyl (C=O) groups excluding carboxylic acids is 1. The van der Waals surface area contributed by atoms with Gasteiger partial charge in [-0.05, 0) is 29.8 Å². The lowest BCUT2D eigenvalue weighted by atomic mass is 10.1. The second-order valence-electron chi connectivity index (χ2n) is 5.46. The minimum Gasteiger partial charge on any atom is -0.474 e. The molecule has 0 aliphatic carbocycles. The van der Waals surface area contributed by atoms with Crippen LogP contribution in [0.3, 0.4) is 0 Å². The molecule has 3 nitrogen and oxygen atoms in total. The van der Waals surface area contributed by atoms with E-state index < -0.39 is 12.1 Å². The fourth-order valence-corrected chi connectivity index (χ4v) is 2.46. The number of ether oxygens (including phenoxy) is 2. The first-order chi connectivity index (χ1) is 12.2.